The van der Waals surface area contributed by atoms with Crippen molar-refractivity contribution in [2.75, 3.05) is 0 Å². The van der Waals surface area contributed by atoms with Crippen LogP contribution in [0.3, 0.4) is 0 Å². The molecule has 0 fully saturated rings. The number of benzene rings is 18. The van der Waals surface area contributed by atoms with Crippen LogP contribution < -0.4 is 48.2 Å². The second-order valence-corrected chi connectivity index (χ2v) is 35.6. The Kier molecular flexibility index (Phi) is 30.9. The van der Waals surface area contributed by atoms with E-state index in [-0.39, 0.29) is 0 Å². The molecular weight excluding hydrogens is 1630 g/mol. The van der Waals surface area contributed by atoms with E-state index in [1.54, 1.807) is 0 Å². The first-order chi connectivity index (χ1) is 64.8. The van der Waals surface area contributed by atoms with Crippen LogP contribution in [-0.4, -0.2) is 41.6 Å². The topological polar surface area (TPSA) is 107 Å². The van der Waals surface area contributed by atoms with Gasteiger partial charge >= 0.3 is 0 Å². The van der Waals surface area contributed by atoms with E-state index in [0.29, 0.717) is 24.2 Å². The summed E-state index contributed by atoms with van der Waals surface area (Å²) in [6, 6.07) is 187. The summed E-state index contributed by atoms with van der Waals surface area (Å²) in [5.41, 5.74) is 18.3. The third-order valence-electron chi connectivity index (χ3n) is 21.6. The van der Waals surface area contributed by atoms with Gasteiger partial charge in [0, 0.05) is 66.0 Å². The summed E-state index contributed by atoms with van der Waals surface area (Å²) in [5.74, 6) is 3.56. The summed E-state index contributed by atoms with van der Waals surface area (Å²) in [6.07, 6.45) is 0. The SMILES string of the molecule is Cc1cccc(-c2nc(-c3ccccc3)nc(-c3ccccc3)n2)c1.O=P(c1ccccc1)(c1ccccc1)c1ccccc1.c1ccc(-c2cc(-c3ccccc3)nc(-c3ccccc3)n2)cc1.c1ccc(-c2cc(-c3ccccc3)nc(-c3ccccc3)n2)cc1.c1ccc(B(c2ccccc2)c2ccccc2)cc1.c1ccc(P(c2ccccc2)c2ccccc2)cc1. The fraction of sp³-hybridized carbons (Fsp3) is 0.00833. The molecule has 0 N–H and O–H groups in total. The van der Waals surface area contributed by atoms with Crippen LogP contribution in [0, 0.1) is 6.92 Å². The van der Waals surface area contributed by atoms with Crippen molar-refractivity contribution in [2.24, 2.45) is 0 Å². The number of hydrogen-bond acceptors (Lipinski definition) is 8. The quantitative estimate of drug-likeness (QED) is 0.0618. The summed E-state index contributed by atoms with van der Waals surface area (Å²) >= 11 is 0. The molecule has 0 saturated heterocycles. The van der Waals surface area contributed by atoms with Crippen molar-refractivity contribution in [2.45, 2.75) is 6.92 Å². The minimum absolute atomic E-state index is 0.309. The first-order valence-electron chi connectivity index (χ1n) is 43.7. The van der Waals surface area contributed by atoms with E-state index in [9.17, 15) is 4.57 Å². The molecule has 0 aliphatic carbocycles. The van der Waals surface area contributed by atoms with E-state index in [0.717, 1.165) is 100 Å². The largest absolute Gasteiger partial charge is 0.309 e. The minimum atomic E-state index is -2.78. The zero-order valence-electron chi connectivity index (χ0n) is 72.5. The lowest BCUT2D eigenvalue weighted by atomic mass is 9.37. The molecule has 0 aliphatic rings. The van der Waals surface area contributed by atoms with Crippen molar-refractivity contribution in [1.29, 1.82) is 0 Å². The molecule has 18 aromatic carbocycles. The first-order valence-corrected chi connectivity index (χ1v) is 46.8. The van der Waals surface area contributed by atoms with Crippen molar-refractivity contribution in [1.82, 2.24) is 34.9 Å². The Morgan fingerprint density at radius 1 is 0.183 bits per heavy atom. The summed E-state index contributed by atoms with van der Waals surface area (Å²) in [7, 11) is -3.22. The van der Waals surface area contributed by atoms with Gasteiger partial charge in [-0.05, 0) is 49.0 Å². The number of nitrogens with zero attached hydrogens (tertiary/aromatic N) is 7. The van der Waals surface area contributed by atoms with Crippen molar-refractivity contribution in [3.05, 3.63) is 558 Å². The monoisotopic (exact) mass is 1720 g/mol. The summed E-state index contributed by atoms with van der Waals surface area (Å²) in [6.45, 7) is 2.38. The van der Waals surface area contributed by atoms with Gasteiger partial charge < -0.3 is 4.57 Å². The molecule has 8 nitrogen and oxygen atoms in total. The van der Waals surface area contributed by atoms with E-state index in [2.05, 4.69) is 262 Å². The first kappa shape index (κ1) is 88.3. The standard InChI is InChI=1S/C22H17N3.2C22H16N2.C18H15B.C18H15OP.C18H15P/c1-16-9-8-14-19(15-16)22-24-20(17-10-4-2-5-11-17)23-21(25-22)18-12-6-3-7-13-18;2*1-4-10-17(11-5-1)20-16-21(18-12-6-2-7-13-18)24-22(23-20)19-14-8-3-9-15-19;1-4-10-16(11-5-1)19(17-12-6-2-7-13-17)18-14-8-3-9-15-18;19-20(16-10-4-1-5-11-16,17-12-6-2-7-13-17)18-14-8-3-9-15-18;1-4-10-16(11-5-1)19(17-12-6-2-7-13-17)18-14-8-3-9-15-18/h2-15H,1H3;2*1-16H;1-15H;1-15H;1-15H. The Hall–Kier alpha value is -16.1. The number of aryl methyl sites for hydroxylation is 1. The van der Waals surface area contributed by atoms with Crippen LogP contribution in [0.25, 0.3) is 102 Å². The molecule has 0 spiro atoms. The van der Waals surface area contributed by atoms with Crippen molar-refractivity contribution < 1.29 is 4.57 Å². The lowest BCUT2D eigenvalue weighted by Gasteiger charge is -2.19. The van der Waals surface area contributed by atoms with Crippen LogP contribution in [0.5, 0.6) is 0 Å². The van der Waals surface area contributed by atoms with E-state index in [1.807, 2.05) is 297 Å². The Bertz CT molecular complexity index is 6140. The minimum Gasteiger partial charge on any atom is -0.309 e. The van der Waals surface area contributed by atoms with Gasteiger partial charge in [-0.25, -0.2) is 34.9 Å². The van der Waals surface area contributed by atoms with Gasteiger partial charge in [0.05, 0.1) is 22.8 Å². The third kappa shape index (κ3) is 24.0. The van der Waals surface area contributed by atoms with E-state index in [4.69, 9.17) is 34.9 Å². The molecule has 3 aromatic heterocycles. The highest BCUT2D eigenvalue weighted by molar-refractivity contribution is 7.85. The van der Waals surface area contributed by atoms with Crippen molar-refractivity contribution in [3.63, 3.8) is 0 Å². The Morgan fingerprint density at radius 2 is 0.366 bits per heavy atom. The maximum Gasteiger partial charge on any atom is 0.241 e. The molecule has 3 heterocycles. The molecule has 0 bridgehead atoms. The number of rotatable bonds is 18. The van der Waals surface area contributed by atoms with Gasteiger partial charge in [0.2, 0.25) is 6.71 Å². The Labute approximate surface area is 770 Å². The van der Waals surface area contributed by atoms with Gasteiger partial charge in [0.1, 0.15) is 0 Å². The molecule has 21 aromatic rings. The summed E-state index contributed by atoms with van der Waals surface area (Å²) in [5, 5.41) is 6.81. The van der Waals surface area contributed by atoms with Gasteiger partial charge in [-0.2, -0.15) is 0 Å². The van der Waals surface area contributed by atoms with E-state index >= 15 is 0 Å². The van der Waals surface area contributed by atoms with Gasteiger partial charge in [-0.3, -0.25) is 0 Å². The van der Waals surface area contributed by atoms with Gasteiger partial charge in [0.15, 0.2) is 36.3 Å². The maximum absolute atomic E-state index is 13.8. The van der Waals surface area contributed by atoms with E-state index < -0.39 is 15.1 Å². The smallest absolute Gasteiger partial charge is 0.241 e. The average Bonchev–Trinajstić information content (AvgIpc) is 0.765. The Balaban J connectivity index is 0.000000115. The summed E-state index contributed by atoms with van der Waals surface area (Å²) < 4.78 is 13.8. The predicted octanol–water partition coefficient (Wildman–Crippen LogP) is 25.1. The van der Waals surface area contributed by atoms with E-state index in [1.165, 1.54) is 37.9 Å². The zero-order valence-corrected chi connectivity index (χ0v) is 74.3. The van der Waals surface area contributed by atoms with Gasteiger partial charge in [-0.1, -0.05) is 556 Å². The number of hydrogen-bond donors (Lipinski definition) is 0. The third-order valence-corrected chi connectivity index (χ3v) is 27.1. The molecular formula is C120H94BN7OP2. The van der Waals surface area contributed by atoms with Crippen molar-refractivity contribution in [3.8, 4) is 102 Å². The normalized spacial score (nSPS) is 10.6. The van der Waals surface area contributed by atoms with Crippen LogP contribution >= 0.6 is 15.1 Å². The van der Waals surface area contributed by atoms with Crippen molar-refractivity contribution >= 4 is 70.0 Å². The molecule has 131 heavy (non-hydrogen) atoms. The van der Waals surface area contributed by atoms with Crippen LogP contribution in [0.2, 0.25) is 0 Å². The molecule has 0 radical (unpaired) electrons. The molecule has 0 unspecified atom stereocenters. The van der Waals surface area contributed by atoms with Gasteiger partial charge in [0.25, 0.3) is 0 Å². The molecule has 628 valence electrons. The lowest BCUT2D eigenvalue weighted by molar-refractivity contribution is 0.592. The lowest BCUT2D eigenvalue weighted by Crippen LogP contribution is -2.51. The fourth-order valence-electron chi connectivity index (χ4n) is 15.1. The fourth-order valence-corrected chi connectivity index (χ4v) is 20.1. The van der Waals surface area contributed by atoms with Crippen LogP contribution in [-0.2, 0) is 4.57 Å². The zero-order chi connectivity index (χ0) is 89.1. The van der Waals surface area contributed by atoms with Gasteiger partial charge in [-0.15, -0.1) is 0 Å². The predicted molar refractivity (Wildman–Crippen MR) is 553 cm³/mol. The maximum atomic E-state index is 13.8. The average molecular weight is 1720 g/mol. The molecule has 11 heteroatoms. The highest BCUT2D eigenvalue weighted by atomic mass is 31.2. The second kappa shape index (κ2) is 45.8. The second-order valence-electron chi connectivity index (χ2n) is 30.7. The molecule has 0 atom stereocenters. The molecule has 0 amide bonds. The molecule has 0 aliphatic heterocycles. The van der Waals surface area contributed by atoms with Crippen LogP contribution in [0.1, 0.15) is 5.56 Å². The Morgan fingerprint density at radius 3 is 0.595 bits per heavy atom. The summed E-state index contributed by atoms with van der Waals surface area (Å²) in [4.78, 5) is 33.3. The molecule has 0 saturated carbocycles. The highest BCUT2D eigenvalue weighted by Gasteiger charge is 2.29. The molecule has 21 rings (SSSR count). The van der Waals surface area contributed by atoms with Crippen LogP contribution in [0.4, 0.5) is 0 Å². The van der Waals surface area contributed by atoms with Crippen LogP contribution in [0.15, 0.2) is 552 Å². The highest BCUT2D eigenvalue weighted by Crippen LogP contribution is 2.42. The number of aromatic nitrogens is 7.